The molecule has 2 rings (SSSR count). The molecule has 0 aliphatic heterocycles. The molecule has 1 unspecified atom stereocenters. The van der Waals surface area contributed by atoms with Gasteiger partial charge in [-0.05, 0) is 37.1 Å². The molecule has 0 radical (unpaired) electrons. The van der Waals surface area contributed by atoms with E-state index < -0.39 is 5.82 Å². The van der Waals surface area contributed by atoms with Gasteiger partial charge in [0.05, 0.1) is 0 Å². The van der Waals surface area contributed by atoms with Crippen LogP contribution in [0.15, 0.2) is 41.0 Å². The van der Waals surface area contributed by atoms with E-state index in [9.17, 15) is 4.39 Å². The first kappa shape index (κ1) is 14.9. The molecule has 0 aliphatic carbocycles. The Morgan fingerprint density at radius 1 is 1.40 bits per heavy atom. The zero-order chi connectivity index (χ0) is 14.5. The van der Waals surface area contributed by atoms with Gasteiger partial charge in [0, 0.05) is 22.3 Å². The molecule has 5 heteroatoms. The fourth-order valence-corrected chi connectivity index (χ4v) is 2.09. The number of halogens is 2. The third-order valence-electron chi connectivity index (χ3n) is 2.96. The molecule has 2 N–H and O–H groups in total. The number of pyridine rings is 1. The minimum atomic E-state index is -0.434. The van der Waals surface area contributed by atoms with Crippen molar-refractivity contribution in [3.63, 3.8) is 0 Å². The van der Waals surface area contributed by atoms with Gasteiger partial charge in [0.15, 0.2) is 11.6 Å². The topological polar surface area (TPSA) is 48.1 Å². The van der Waals surface area contributed by atoms with Crippen molar-refractivity contribution >= 4 is 15.9 Å². The van der Waals surface area contributed by atoms with Crippen LogP contribution in [0.4, 0.5) is 4.39 Å². The highest BCUT2D eigenvalue weighted by atomic mass is 79.9. The predicted octanol–water partition coefficient (Wildman–Crippen LogP) is 4.06. The number of benzene rings is 1. The number of rotatable bonds is 5. The minimum absolute atomic E-state index is 0.0383. The predicted molar refractivity (Wildman–Crippen MR) is 80.4 cm³/mol. The van der Waals surface area contributed by atoms with Crippen molar-refractivity contribution in [2.75, 3.05) is 0 Å². The van der Waals surface area contributed by atoms with Crippen molar-refractivity contribution in [3.05, 3.63) is 52.4 Å². The molecule has 0 saturated carbocycles. The van der Waals surface area contributed by atoms with Gasteiger partial charge in [-0.2, -0.15) is 0 Å². The lowest BCUT2D eigenvalue weighted by atomic mass is 10.1. The molecule has 2 aromatic rings. The normalized spacial score (nSPS) is 12.2. The molecule has 20 heavy (non-hydrogen) atoms. The van der Waals surface area contributed by atoms with Gasteiger partial charge in [0.25, 0.3) is 0 Å². The van der Waals surface area contributed by atoms with E-state index >= 15 is 0 Å². The Morgan fingerprint density at radius 2 is 2.20 bits per heavy atom. The van der Waals surface area contributed by atoms with E-state index in [-0.39, 0.29) is 11.8 Å². The zero-order valence-corrected chi connectivity index (χ0v) is 12.7. The third-order valence-corrected chi connectivity index (χ3v) is 3.45. The first-order valence-electron chi connectivity index (χ1n) is 6.42. The number of hydrogen-bond acceptors (Lipinski definition) is 3. The lowest BCUT2D eigenvalue weighted by Gasteiger charge is -2.13. The molecule has 106 valence electrons. The first-order valence-corrected chi connectivity index (χ1v) is 7.21. The van der Waals surface area contributed by atoms with Crippen LogP contribution in [-0.2, 0) is 6.42 Å². The highest BCUT2D eigenvalue weighted by Crippen LogP contribution is 2.28. The summed E-state index contributed by atoms with van der Waals surface area (Å²) in [5.74, 6) is 0.117. The Balaban J connectivity index is 2.24. The van der Waals surface area contributed by atoms with Crippen molar-refractivity contribution in [2.45, 2.75) is 25.8 Å². The summed E-state index contributed by atoms with van der Waals surface area (Å²) >= 11 is 3.21. The van der Waals surface area contributed by atoms with E-state index in [1.54, 1.807) is 18.3 Å². The molecule has 1 heterocycles. The quantitative estimate of drug-likeness (QED) is 0.894. The fourth-order valence-electron chi connectivity index (χ4n) is 1.76. The average molecular weight is 339 g/mol. The smallest absolute Gasteiger partial charge is 0.222 e. The molecule has 0 saturated heterocycles. The number of ether oxygens (including phenoxy) is 1. The maximum atomic E-state index is 13.8. The molecule has 0 bridgehead atoms. The summed E-state index contributed by atoms with van der Waals surface area (Å²) in [7, 11) is 0. The van der Waals surface area contributed by atoms with Crippen LogP contribution < -0.4 is 10.5 Å². The highest BCUT2D eigenvalue weighted by molar-refractivity contribution is 9.10. The fraction of sp³-hybridized carbons (Fsp3) is 0.267. The standard InChI is InChI=1S/C15H16BrFN2O/c1-2-12(18)8-10-4-3-7-19-15(10)20-14-6-5-11(16)9-13(14)17/h3-7,9,12H,2,8,18H2,1H3. The third kappa shape index (κ3) is 3.77. The Kier molecular flexibility index (Phi) is 5.09. The van der Waals surface area contributed by atoms with Gasteiger partial charge in [-0.15, -0.1) is 0 Å². The van der Waals surface area contributed by atoms with Crippen LogP contribution in [0.5, 0.6) is 11.6 Å². The second-order valence-corrected chi connectivity index (χ2v) is 5.43. The molecule has 0 fully saturated rings. The van der Waals surface area contributed by atoms with Crippen LogP contribution in [0, 0.1) is 5.82 Å². The van der Waals surface area contributed by atoms with E-state index in [0.717, 1.165) is 12.0 Å². The zero-order valence-electron chi connectivity index (χ0n) is 11.1. The second kappa shape index (κ2) is 6.81. The molecule has 1 atom stereocenters. The minimum Gasteiger partial charge on any atom is -0.436 e. The molecular formula is C15H16BrFN2O. The second-order valence-electron chi connectivity index (χ2n) is 4.52. The van der Waals surface area contributed by atoms with Gasteiger partial charge in [0.1, 0.15) is 0 Å². The largest absolute Gasteiger partial charge is 0.436 e. The lowest BCUT2D eigenvalue weighted by molar-refractivity contribution is 0.420. The van der Waals surface area contributed by atoms with Crippen molar-refractivity contribution in [3.8, 4) is 11.6 Å². The van der Waals surface area contributed by atoms with Crippen LogP contribution in [0.25, 0.3) is 0 Å². The van der Waals surface area contributed by atoms with E-state index in [1.165, 1.54) is 6.07 Å². The molecule has 3 nitrogen and oxygen atoms in total. The first-order chi connectivity index (χ1) is 9.60. The van der Waals surface area contributed by atoms with E-state index in [2.05, 4.69) is 20.9 Å². The maximum absolute atomic E-state index is 13.8. The van der Waals surface area contributed by atoms with Crippen molar-refractivity contribution in [1.82, 2.24) is 4.98 Å². The number of hydrogen-bond donors (Lipinski definition) is 1. The van der Waals surface area contributed by atoms with Gasteiger partial charge in [-0.1, -0.05) is 28.9 Å². The maximum Gasteiger partial charge on any atom is 0.222 e. The summed E-state index contributed by atoms with van der Waals surface area (Å²) in [6.45, 7) is 2.02. The molecule has 1 aromatic carbocycles. The lowest BCUT2D eigenvalue weighted by Crippen LogP contribution is -2.21. The van der Waals surface area contributed by atoms with Gasteiger partial charge in [-0.3, -0.25) is 0 Å². The Bertz CT molecular complexity index is 592. The van der Waals surface area contributed by atoms with Gasteiger partial charge < -0.3 is 10.5 Å². The number of nitrogens with two attached hydrogens (primary N) is 1. The Labute approximate surface area is 126 Å². The molecule has 1 aromatic heterocycles. The van der Waals surface area contributed by atoms with Crippen LogP contribution in [0.3, 0.4) is 0 Å². The van der Waals surface area contributed by atoms with E-state index in [4.69, 9.17) is 10.5 Å². The van der Waals surface area contributed by atoms with E-state index in [0.29, 0.717) is 16.8 Å². The number of nitrogens with zero attached hydrogens (tertiary/aromatic N) is 1. The molecule has 0 spiro atoms. The molecule has 0 amide bonds. The van der Waals surface area contributed by atoms with Crippen LogP contribution in [0.2, 0.25) is 0 Å². The highest BCUT2D eigenvalue weighted by Gasteiger charge is 2.12. The Hall–Kier alpha value is -1.46. The van der Waals surface area contributed by atoms with Crippen LogP contribution >= 0.6 is 15.9 Å². The van der Waals surface area contributed by atoms with Crippen LogP contribution in [-0.4, -0.2) is 11.0 Å². The SMILES string of the molecule is CCC(N)Cc1cccnc1Oc1ccc(Br)cc1F. The van der Waals surface area contributed by atoms with Crippen molar-refractivity contribution < 1.29 is 9.13 Å². The summed E-state index contributed by atoms with van der Waals surface area (Å²) in [5.41, 5.74) is 6.83. The monoisotopic (exact) mass is 338 g/mol. The summed E-state index contributed by atoms with van der Waals surface area (Å²) in [5, 5.41) is 0. The van der Waals surface area contributed by atoms with Crippen molar-refractivity contribution in [1.29, 1.82) is 0 Å². The Morgan fingerprint density at radius 3 is 2.90 bits per heavy atom. The van der Waals surface area contributed by atoms with E-state index in [1.807, 2.05) is 19.1 Å². The summed E-state index contributed by atoms with van der Waals surface area (Å²) in [6, 6.07) is 8.40. The number of aromatic nitrogens is 1. The van der Waals surface area contributed by atoms with Gasteiger partial charge >= 0.3 is 0 Å². The average Bonchev–Trinajstić information content (AvgIpc) is 2.43. The molecular weight excluding hydrogens is 323 g/mol. The van der Waals surface area contributed by atoms with Gasteiger partial charge in [-0.25, -0.2) is 9.37 Å². The van der Waals surface area contributed by atoms with Crippen molar-refractivity contribution in [2.24, 2.45) is 5.73 Å². The summed E-state index contributed by atoms with van der Waals surface area (Å²) in [6.07, 6.45) is 3.13. The summed E-state index contributed by atoms with van der Waals surface area (Å²) in [4.78, 5) is 4.17. The van der Waals surface area contributed by atoms with Gasteiger partial charge in [0.2, 0.25) is 5.88 Å². The molecule has 0 aliphatic rings. The van der Waals surface area contributed by atoms with Crippen LogP contribution in [0.1, 0.15) is 18.9 Å². The summed E-state index contributed by atoms with van der Waals surface area (Å²) < 4.78 is 20.0.